The molecule has 0 fully saturated rings. The molecule has 1 atom stereocenters. The lowest BCUT2D eigenvalue weighted by molar-refractivity contribution is -0.155. The Morgan fingerprint density at radius 2 is 1.75 bits per heavy atom. The number of halogens is 3. The summed E-state index contributed by atoms with van der Waals surface area (Å²) in [6, 6.07) is 3.69. The third kappa shape index (κ3) is 4.25. The number of ether oxygens (including phenoxy) is 2. The van der Waals surface area contributed by atoms with E-state index < -0.39 is 29.6 Å². The molecule has 0 heterocycles. The van der Waals surface area contributed by atoms with Crippen molar-refractivity contribution in [3.8, 4) is 5.75 Å². The topological polar surface area (TPSA) is 52.6 Å². The second-order valence-electron chi connectivity index (χ2n) is 3.88. The SMILES string of the molecule is CCOC(=O)[C@H](Oc1ccc(C(F)(F)F)cc1)C(C)=O. The highest BCUT2D eigenvalue weighted by molar-refractivity contribution is 6.01. The van der Waals surface area contributed by atoms with E-state index in [-0.39, 0.29) is 12.4 Å². The number of carbonyl (C=O) groups excluding carboxylic acids is 2. The summed E-state index contributed by atoms with van der Waals surface area (Å²) in [5.41, 5.74) is -0.847. The second kappa shape index (κ2) is 6.40. The molecule has 1 aromatic rings. The normalized spacial score (nSPS) is 12.7. The van der Waals surface area contributed by atoms with Gasteiger partial charge in [0.2, 0.25) is 0 Å². The van der Waals surface area contributed by atoms with Crippen LogP contribution in [-0.4, -0.2) is 24.5 Å². The molecule has 0 aliphatic rings. The van der Waals surface area contributed by atoms with Crippen molar-refractivity contribution in [3.05, 3.63) is 29.8 Å². The van der Waals surface area contributed by atoms with Gasteiger partial charge in [-0.1, -0.05) is 0 Å². The van der Waals surface area contributed by atoms with Crippen LogP contribution in [-0.2, 0) is 20.5 Å². The molecule has 0 saturated carbocycles. The molecule has 0 aliphatic heterocycles. The van der Waals surface area contributed by atoms with Crippen LogP contribution in [0.15, 0.2) is 24.3 Å². The van der Waals surface area contributed by atoms with Crippen LogP contribution in [0.25, 0.3) is 0 Å². The Kier molecular flexibility index (Phi) is 5.12. The van der Waals surface area contributed by atoms with Crippen LogP contribution in [0.5, 0.6) is 5.75 Å². The molecule has 0 N–H and O–H groups in total. The molecule has 0 unspecified atom stereocenters. The van der Waals surface area contributed by atoms with Crippen LogP contribution in [0, 0.1) is 0 Å². The highest BCUT2D eigenvalue weighted by atomic mass is 19.4. The summed E-state index contributed by atoms with van der Waals surface area (Å²) < 4.78 is 46.8. The number of hydrogen-bond donors (Lipinski definition) is 0. The molecule has 20 heavy (non-hydrogen) atoms. The molecule has 1 rings (SSSR count). The zero-order valence-corrected chi connectivity index (χ0v) is 10.9. The summed E-state index contributed by atoms with van der Waals surface area (Å²) in [6.45, 7) is 2.76. The van der Waals surface area contributed by atoms with Crippen LogP contribution >= 0.6 is 0 Å². The summed E-state index contributed by atoms with van der Waals surface area (Å²) >= 11 is 0. The summed E-state index contributed by atoms with van der Waals surface area (Å²) in [7, 11) is 0. The third-order valence-corrected chi connectivity index (χ3v) is 2.31. The minimum Gasteiger partial charge on any atom is -0.471 e. The van der Waals surface area contributed by atoms with Crippen LogP contribution in [0.1, 0.15) is 19.4 Å². The third-order valence-electron chi connectivity index (χ3n) is 2.31. The number of ketones is 1. The Hall–Kier alpha value is -2.05. The van der Waals surface area contributed by atoms with Crippen molar-refractivity contribution in [3.63, 3.8) is 0 Å². The monoisotopic (exact) mass is 290 g/mol. The molecular formula is C13H13F3O4. The van der Waals surface area contributed by atoms with Gasteiger partial charge >= 0.3 is 12.1 Å². The number of hydrogen-bond acceptors (Lipinski definition) is 4. The van der Waals surface area contributed by atoms with Gasteiger partial charge in [-0.15, -0.1) is 0 Å². The van der Waals surface area contributed by atoms with Crippen LogP contribution in [0.2, 0.25) is 0 Å². The van der Waals surface area contributed by atoms with E-state index >= 15 is 0 Å². The van der Waals surface area contributed by atoms with Gasteiger partial charge < -0.3 is 9.47 Å². The lowest BCUT2D eigenvalue weighted by Crippen LogP contribution is -2.35. The summed E-state index contributed by atoms with van der Waals surface area (Å²) in [4.78, 5) is 22.8. The standard InChI is InChI=1S/C13H13F3O4/c1-3-19-12(18)11(8(2)17)20-10-6-4-9(5-7-10)13(14,15)16/h4-7,11H,3H2,1-2H3/t11-/m1/s1. The predicted molar refractivity (Wildman–Crippen MR) is 63.2 cm³/mol. The van der Waals surface area contributed by atoms with Crippen molar-refractivity contribution in [2.75, 3.05) is 6.61 Å². The van der Waals surface area contributed by atoms with E-state index in [0.29, 0.717) is 0 Å². The highest BCUT2D eigenvalue weighted by Crippen LogP contribution is 2.30. The van der Waals surface area contributed by atoms with E-state index in [0.717, 1.165) is 31.2 Å². The fourth-order valence-corrected chi connectivity index (χ4v) is 1.37. The van der Waals surface area contributed by atoms with Crippen molar-refractivity contribution < 1.29 is 32.2 Å². The Bertz CT molecular complexity index is 479. The average Bonchev–Trinajstić information content (AvgIpc) is 2.35. The summed E-state index contributed by atoms with van der Waals surface area (Å²) in [6.07, 6.45) is -5.94. The highest BCUT2D eigenvalue weighted by Gasteiger charge is 2.31. The van der Waals surface area contributed by atoms with Crippen LogP contribution in [0.4, 0.5) is 13.2 Å². The zero-order valence-electron chi connectivity index (χ0n) is 10.9. The van der Waals surface area contributed by atoms with Gasteiger partial charge in [0.15, 0.2) is 5.78 Å². The van der Waals surface area contributed by atoms with Gasteiger partial charge in [0.1, 0.15) is 5.75 Å². The maximum Gasteiger partial charge on any atom is 0.416 e. The van der Waals surface area contributed by atoms with Crippen molar-refractivity contribution >= 4 is 11.8 Å². The molecule has 7 heteroatoms. The molecule has 0 spiro atoms. The van der Waals surface area contributed by atoms with Crippen molar-refractivity contribution in [2.45, 2.75) is 26.1 Å². The van der Waals surface area contributed by atoms with Crippen molar-refractivity contribution in [1.29, 1.82) is 0 Å². The van der Waals surface area contributed by atoms with Crippen LogP contribution in [0.3, 0.4) is 0 Å². The number of benzene rings is 1. The predicted octanol–water partition coefficient (Wildman–Crippen LogP) is 2.60. The van der Waals surface area contributed by atoms with E-state index in [1.165, 1.54) is 0 Å². The fourth-order valence-electron chi connectivity index (χ4n) is 1.37. The molecule has 4 nitrogen and oxygen atoms in total. The molecular weight excluding hydrogens is 277 g/mol. The van der Waals surface area contributed by atoms with E-state index in [1.807, 2.05) is 0 Å². The maximum absolute atomic E-state index is 12.4. The molecule has 1 aromatic carbocycles. The number of carbonyl (C=O) groups is 2. The van der Waals surface area contributed by atoms with E-state index in [1.54, 1.807) is 6.92 Å². The molecule has 0 radical (unpaired) electrons. The summed E-state index contributed by atoms with van der Waals surface area (Å²) in [5.74, 6) is -1.49. The minimum absolute atomic E-state index is 0.0220. The molecule has 0 amide bonds. The smallest absolute Gasteiger partial charge is 0.416 e. The molecule has 110 valence electrons. The number of alkyl halides is 3. The van der Waals surface area contributed by atoms with Gasteiger partial charge in [0.05, 0.1) is 12.2 Å². The van der Waals surface area contributed by atoms with Crippen LogP contribution < -0.4 is 4.74 Å². The van der Waals surface area contributed by atoms with Crippen molar-refractivity contribution in [2.24, 2.45) is 0 Å². The first-order valence-corrected chi connectivity index (χ1v) is 5.76. The van der Waals surface area contributed by atoms with Gasteiger partial charge in [0, 0.05) is 0 Å². The van der Waals surface area contributed by atoms with Gasteiger partial charge in [-0.3, -0.25) is 4.79 Å². The molecule has 0 bridgehead atoms. The zero-order chi connectivity index (χ0) is 15.3. The Labute approximate surface area is 113 Å². The average molecular weight is 290 g/mol. The molecule has 0 aromatic heterocycles. The largest absolute Gasteiger partial charge is 0.471 e. The van der Waals surface area contributed by atoms with Gasteiger partial charge in [-0.2, -0.15) is 13.2 Å². The second-order valence-corrected chi connectivity index (χ2v) is 3.88. The molecule has 0 saturated heterocycles. The number of esters is 1. The van der Waals surface area contributed by atoms with E-state index in [9.17, 15) is 22.8 Å². The fraction of sp³-hybridized carbons (Fsp3) is 0.385. The van der Waals surface area contributed by atoms with Gasteiger partial charge in [0.25, 0.3) is 6.10 Å². The van der Waals surface area contributed by atoms with E-state index in [2.05, 4.69) is 4.74 Å². The van der Waals surface area contributed by atoms with Crippen molar-refractivity contribution in [1.82, 2.24) is 0 Å². The lowest BCUT2D eigenvalue weighted by atomic mass is 10.2. The Morgan fingerprint density at radius 1 is 1.20 bits per heavy atom. The first kappa shape index (κ1) is 16.0. The first-order chi connectivity index (χ1) is 9.25. The Morgan fingerprint density at radius 3 is 2.15 bits per heavy atom. The Balaban J connectivity index is 2.85. The van der Waals surface area contributed by atoms with Gasteiger partial charge in [-0.25, -0.2) is 4.79 Å². The maximum atomic E-state index is 12.4. The van der Waals surface area contributed by atoms with Gasteiger partial charge in [-0.05, 0) is 38.1 Å². The quantitative estimate of drug-likeness (QED) is 0.618. The minimum atomic E-state index is -4.46. The number of rotatable bonds is 5. The first-order valence-electron chi connectivity index (χ1n) is 5.76. The number of Topliss-reactive ketones (excluding diaryl/α,β-unsaturated/α-hetero) is 1. The summed E-state index contributed by atoms with van der Waals surface area (Å²) in [5, 5.41) is 0. The lowest BCUT2D eigenvalue weighted by Gasteiger charge is -2.15. The molecule has 0 aliphatic carbocycles. The van der Waals surface area contributed by atoms with E-state index in [4.69, 9.17) is 4.74 Å².